The Bertz CT molecular complexity index is 1050. The zero-order valence-electron chi connectivity index (χ0n) is 21.6. The van der Waals surface area contributed by atoms with Crippen LogP contribution in [0, 0.1) is 39.9 Å². The van der Waals surface area contributed by atoms with E-state index in [-0.39, 0.29) is 35.9 Å². The summed E-state index contributed by atoms with van der Waals surface area (Å²) in [5.41, 5.74) is -7.21. The molecule has 2 bridgehead atoms. The first-order valence-electron chi connectivity index (χ1n) is 13.5. The topological polar surface area (TPSA) is 145 Å². The van der Waals surface area contributed by atoms with Crippen LogP contribution in [0.5, 0.6) is 0 Å². The van der Waals surface area contributed by atoms with Crippen LogP contribution >= 0.6 is 0 Å². The monoisotopic (exact) mass is 504 g/mol. The van der Waals surface area contributed by atoms with Gasteiger partial charge in [0.25, 0.3) is 0 Å². The number of carbonyl (C=O) groups is 2. The molecule has 0 amide bonds. The van der Waals surface area contributed by atoms with Gasteiger partial charge in [0.15, 0.2) is 11.4 Å². The molecule has 200 valence electrons. The molecule has 1 saturated heterocycles. The van der Waals surface area contributed by atoms with E-state index in [1.54, 1.807) is 6.92 Å². The van der Waals surface area contributed by atoms with Crippen LogP contribution in [-0.2, 0) is 14.3 Å². The third-order valence-electron chi connectivity index (χ3n) is 12.8. The van der Waals surface area contributed by atoms with Crippen molar-refractivity contribution in [1.82, 2.24) is 0 Å². The highest BCUT2D eigenvalue weighted by Gasteiger charge is 2.75. The molecule has 5 N–H and O–H groups in total. The molecule has 1 heterocycles. The number of hydrogen-bond acceptors (Lipinski definition) is 8. The molecule has 4 saturated carbocycles. The van der Waals surface area contributed by atoms with Crippen LogP contribution in [0.25, 0.3) is 0 Å². The van der Waals surface area contributed by atoms with E-state index in [2.05, 4.69) is 6.92 Å². The molecule has 0 radical (unpaired) electrons. The van der Waals surface area contributed by atoms with Crippen molar-refractivity contribution < 1.29 is 39.9 Å². The molecular weight excluding hydrogens is 464 g/mol. The van der Waals surface area contributed by atoms with Crippen LogP contribution in [-0.4, -0.2) is 72.4 Å². The molecular formula is C28H40O8. The number of aliphatic hydroxyl groups excluding tert-OH is 2. The summed E-state index contributed by atoms with van der Waals surface area (Å²) < 4.78 is 5.72. The molecule has 1 aliphatic heterocycles. The van der Waals surface area contributed by atoms with Crippen molar-refractivity contribution in [3.8, 4) is 0 Å². The van der Waals surface area contributed by atoms with E-state index >= 15 is 0 Å². The van der Waals surface area contributed by atoms with E-state index in [0.717, 1.165) is 0 Å². The molecule has 8 heteroatoms. The van der Waals surface area contributed by atoms with Crippen LogP contribution in [0.15, 0.2) is 12.2 Å². The molecule has 0 aromatic rings. The summed E-state index contributed by atoms with van der Waals surface area (Å²) in [5, 5.41) is 56.9. The highest BCUT2D eigenvalue weighted by Crippen LogP contribution is 2.71. The van der Waals surface area contributed by atoms with Gasteiger partial charge in [-0.15, -0.1) is 0 Å². The minimum Gasteiger partial charge on any atom is -0.460 e. The number of allylic oxidation sites excluding steroid dienone is 1. The maximum Gasteiger partial charge on any atom is 0.338 e. The lowest BCUT2D eigenvalue weighted by Gasteiger charge is -2.64. The Balaban J connectivity index is 1.37. The molecule has 6 rings (SSSR count). The van der Waals surface area contributed by atoms with Crippen molar-refractivity contribution in [3.63, 3.8) is 0 Å². The second-order valence-corrected chi connectivity index (χ2v) is 13.8. The Morgan fingerprint density at radius 1 is 0.917 bits per heavy atom. The lowest BCUT2D eigenvalue weighted by Crippen LogP contribution is -2.74. The molecule has 0 aromatic carbocycles. The number of fused-ring (bicyclic) bond motifs is 7. The van der Waals surface area contributed by atoms with Crippen LogP contribution < -0.4 is 0 Å². The first kappa shape index (κ1) is 25.0. The number of hydrogen-bond donors (Lipinski definition) is 5. The molecule has 36 heavy (non-hydrogen) atoms. The average molecular weight is 505 g/mol. The highest BCUT2D eigenvalue weighted by molar-refractivity contribution is 5.97. The maximum absolute atomic E-state index is 13.3. The van der Waals surface area contributed by atoms with Gasteiger partial charge in [0.1, 0.15) is 17.8 Å². The summed E-state index contributed by atoms with van der Waals surface area (Å²) in [7, 11) is 0. The fourth-order valence-corrected chi connectivity index (χ4v) is 10.2. The van der Waals surface area contributed by atoms with Crippen LogP contribution in [0.1, 0.15) is 72.6 Å². The summed E-state index contributed by atoms with van der Waals surface area (Å²) in [6, 6.07) is 0. The summed E-state index contributed by atoms with van der Waals surface area (Å²) in [6.45, 7) is 7.20. The van der Waals surface area contributed by atoms with Crippen LogP contribution in [0.4, 0.5) is 0 Å². The van der Waals surface area contributed by atoms with Crippen molar-refractivity contribution in [2.75, 3.05) is 0 Å². The highest BCUT2D eigenvalue weighted by atomic mass is 16.6. The Labute approximate surface area is 211 Å². The first-order valence-corrected chi connectivity index (χ1v) is 13.5. The summed E-state index contributed by atoms with van der Waals surface area (Å²) in [5.74, 6) is -1.56. The molecule has 0 aromatic heterocycles. The van der Waals surface area contributed by atoms with E-state index in [0.29, 0.717) is 38.5 Å². The quantitative estimate of drug-likeness (QED) is 0.336. The fourth-order valence-electron chi connectivity index (χ4n) is 10.2. The van der Waals surface area contributed by atoms with Crippen molar-refractivity contribution in [1.29, 1.82) is 0 Å². The Kier molecular flexibility index (Phi) is 4.86. The number of rotatable bonds is 1. The van der Waals surface area contributed by atoms with Gasteiger partial charge < -0.3 is 30.3 Å². The van der Waals surface area contributed by atoms with Gasteiger partial charge >= 0.3 is 5.97 Å². The van der Waals surface area contributed by atoms with Gasteiger partial charge in [-0.3, -0.25) is 4.79 Å². The zero-order valence-corrected chi connectivity index (χ0v) is 21.6. The summed E-state index contributed by atoms with van der Waals surface area (Å²) in [6.07, 6.45) is 3.22. The number of ketones is 1. The van der Waals surface area contributed by atoms with Crippen molar-refractivity contribution >= 4 is 11.8 Å². The van der Waals surface area contributed by atoms with E-state index in [4.69, 9.17) is 4.74 Å². The van der Waals surface area contributed by atoms with Gasteiger partial charge in [0, 0.05) is 11.3 Å². The number of carbonyl (C=O) groups excluding carboxylic acids is 2. The second-order valence-electron chi connectivity index (χ2n) is 13.8. The minimum absolute atomic E-state index is 0.00223. The molecule has 6 aliphatic rings. The lowest BCUT2D eigenvalue weighted by atomic mass is 9.42. The smallest absolute Gasteiger partial charge is 0.338 e. The molecule has 8 nitrogen and oxygen atoms in total. The zero-order chi connectivity index (χ0) is 26.3. The second kappa shape index (κ2) is 7.00. The minimum atomic E-state index is -1.94. The molecule has 0 spiro atoms. The fraction of sp³-hybridized carbons (Fsp3) is 0.857. The van der Waals surface area contributed by atoms with Crippen LogP contribution in [0.2, 0.25) is 0 Å². The van der Waals surface area contributed by atoms with Gasteiger partial charge in [-0.2, -0.15) is 0 Å². The molecule has 5 aliphatic carbocycles. The van der Waals surface area contributed by atoms with E-state index < -0.39 is 57.3 Å². The molecule has 13 atom stereocenters. The van der Waals surface area contributed by atoms with Crippen LogP contribution in [0.3, 0.4) is 0 Å². The maximum atomic E-state index is 13.3. The summed E-state index contributed by atoms with van der Waals surface area (Å²) >= 11 is 0. The van der Waals surface area contributed by atoms with Crippen molar-refractivity contribution in [2.24, 2.45) is 39.9 Å². The summed E-state index contributed by atoms with van der Waals surface area (Å²) in [4.78, 5) is 25.9. The Hall–Kier alpha value is -1.32. The lowest BCUT2D eigenvalue weighted by molar-refractivity contribution is -0.264. The van der Waals surface area contributed by atoms with Gasteiger partial charge in [-0.25, -0.2) is 4.79 Å². The van der Waals surface area contributed by atoms with Gasteiger partial charge in [0.2, 0.25) is 0 Å². The molecule has 1 unspecified atom stereocenters. The van der Waals surface area contributed by atoms with E-state index in [1.807, 2.05) is 6.92 Å². The van der Waals surface area contributed by atoms with Gasteiger partial charge in [-0.1, -0.05) is 13.8 Å². The molecule has 5 fully saturated rings. The number of aliphatic hydroxyl groups is 5. The predicted molar refractivity (Wildman–Crippen MR) is 127 cm³/mol. The van der Waals surface area contributed by atoms with E-state index in [9.17, 15) is 35.1 Å². The number of ether oxygens (including phenoxy) is 1. The predicted octanol–water partition coefficient (Wildman–Crippen LogP) is 1.25. The SMILES string of the molecule is CC12C[C@@H](OC(=O)[C@]1(C)O)[C@@H]([C@@]1(O)CC[C@H]3[C@@H]4C[C@H](O)[C@]5(O)[C@@H](O)C=CC(=O)[C@]5(C)[C@H]4CC[C@@]31C)C2. The van der Waals surface area contributed by atoms with Gasteiger partial charge in [0.05, 0.1) is 17.1 Å². The van der Waals surface area contributed by atoms with Crippen molar-refractivity contribution in [3.05, 3.63) is 12.2 Å². The number of esters is 1. The third kappa shape index (κ3) is 2.49. The van der Waals surface area contributed by atoms with Crippen molar-refractivity contribution in [2.45, 2.75) is 108 Å². The van der Waals surface area contributed by atoms with Gasteiger partial charge in [-0.05, 0) is 94.1 Å². The third-order valence-corrected chi connectivity index (χ3v) is 12.8. The Morgan fingerprint density at radius 2 is 1.58 bits per heavy atom. The largest absolute Gasteiger partial charge is 0.460 e. The normalized spacial score (nSPS) is 61.9. The first-order chi connectivity index (χ1) is 16.6. The average Bonchev–Trinajstić information content (AvgIpc) is 3.27. The standard InChI is InChI=1S/C28H40O8/c1-23-12-17(18(13-23)36-22(32)26(23,4)33)27(34)10-8-15-14-11-21(31)28(35)20(30)6-5-19(29)25(28,3)16(14)7-9-24(15,27)2/h5-6,14-18,20-21,30-31,33-35H,7-13H2,1-4H3/t14-,15-,16-,17-,18+,20-,21-,23?,24-,25-,26-,27-,28+/m0/s1. The van der Waals surface area contributed by atoms with E-state index in [1.165, 1.54) is 19.1 Å². The Morgan fingerprint density at radius 3 is 2.28 bits per heavy atom.